The normalized spacial score (nSPS) is 11.9. The van der Waals surface area contributed by atoms with E-state index in [4.69, 9.17) is 0 Å². The summed E-state index contributed by atoms with van der Waals surface area (Å²) in [6, 6.07) is 93.3. The van der Waals surface area contributed by atoms with Crippen LogP contribution in [0, 0.1) is 0 Å². The Morgan fingerprint density at radius 1 is 0.318 bits per heavy atom. The fourth-order valence-corrected chi connectivity index (χ4v) is 10.6. The van der Waals surface area contributed by atoms with Crippen LogP contribution in [0.25, 0.3) is 82.4 Å². The first-order valence-electron chi connectivity index (χ1n) is 22.8. The van der Waals surface area contributed by atoms with Gasteiger partial charge in [-0.25, -0.2) is 0 Å². The van der Waals surface area contributed by atoms with E-state index in [1.54, 1.807) is 0 Å². The maximum absolute atomic E-state index is 2.47. The molecule has 0 saturated heterocycles. The maximum Gasteiger partial charge on any atom is 0.0546 e. The molecule has 0 fully saturated rings. The third-order valence-corrected chi connectivity index (χ3v) is 13.5. The largest absolute Gasteiger partial charge is 0.310 e. The molecular weight excluding hydrogens is 797 g/mol. The van der Waals surface area contributed by atoms with E-state index in [9.17, 15) is 0 Å². The smallest absolute Gasteiger partial charge is 0.0546 e. The zero-order chi connectivity index (χ0) is 43.6. The number of rotatable bonds is 7. The number of fused-ring (bicyclic) bond motifs is 9. The Labute approximate surface area is 384 Å². The van der Waals surface area contributed by atoms with Crippen LogP contribution in [0.4, 0.5) is 17.1 Å². The molecule has 0 aliphatic heterocycles. The van der Waals surface area contributed by atoms with Gasteiger partial charge in [-0.3, -0.25) is 0 Å². The van der Waals surface area contributed by atoms with Crippen LogP contribution in [-0.4, -0.2) is 4.57 Å². The van der Waals surface area contributed by atoms with E-state index < -0.39 is 0 Å². The van der Waals surface area contributed by atoms with Gasteiger partial charge in [-0.05, 0) is 132 Å². The van der Waals surface area contributed by atoms with Gasteiger partial charge in [0.05, 0.1) is 16.7 Å². The number of hydrogen-bond acceptors (Lipinski definition) is 1. The lowest BCUT2D eigenvalue weighted by Gasteiger charge is -2.28. The summed E-state index contributed by atoms with van der Waals surface area (Å²) in [5, 5.41) is 7.39. The molecular formula is C64H42N2. The fraction of sp³-hybridized carbons (Fsp3) is 0. The van der Waals surface area contributed by atoms with E-state index in [1.165, 1.54) is 99.0 Å². The standard InChI is InChI=1S/C64H42N2/c1-4-18-44(19-5-1)63(45-20-6-2-7-21-45)64-57-30-15-13-27-53(57)54-38-37-50(42-59(54)64)65(62-41-47-22-10-11-25-51(47)52-26-12-14-28-55(52)62)49-35-32-43(33-36-49)46-34-39-61-58(40-46)56-29-16-17-31-60(56)66(61)48-23-8-3-9-24-48/h1-42H. The Kier molecular flexibility index (Phi) is 8.89. The number of anilines is 3. The van der Waals surface area contributed by atoms with Crippen molar-refractivity contribution in [3.8, 4) is 27.9 Å². The minimum atomic E-state index is 1.09. The van der Waals surface area contributed by atoms with Crippen molar-refractivity contribution in [2.45, 2.75) is 0 Å². The number of benzene rings is 11. The van der Waals surface area contributed by atoms with Gasteiger partial charge in [0.15, 0.2) is 0 Å². The summed E-state index contributed by atoms with van der Waals surface area (Å²) in [7, 11) is 0. The van der Waals surface area contributed by atoms with Crippen molar-refractivity contribution < 1.29 is 0 Å². The molecule has 66 heavy (non-hydrogen) atoms. The van der Waals surface area contributed by atoms with Crippen LogP contribution in [0.15, 0.2) is 255 Å². The molecule has 2 heteroatoms. The van der Waals surface area contributed by atoms with Gasteiger partial charge in [0.25, 0.3) is 0 Å². The number of aromatic nitrogens is 1. The van der Waals surface area contributed by atoms with Crippen molar-refractivity contribution in [1.29, 1.82) is 0 Å². The number of para-hydroxylation sites is 2. The second kappa shape index (κ2) is 15.5. The first-order valence-corrected chi connectivity index (χ1v) is 22.8. The third-order valence-electron chi connectivity index (χ3n) is 13.5. The SMILES string of the molecule is c1ccc(C(=C2c3ccccc3-c3ccc(N(c4ccc(-c5ccc6c(c5)c5ccccc5n6-c5ccccc5)cc4)c4cc5ccccc5c5ccccc45)cc32)c2ccccc2)cc1. The highest BCUT2D eigenvalue weighted by Gasteiger charge is 2.29. The summed E-state index contributed by atoms with van der Waals surface area (Å²) in [6.45, 7) is 0. The van der Waals surface area contributed by atoms with Crippen molar-refractivity contribution in [2.24, 2.45) is 0 Å². The highest BCUT2D eigenvalue weighted by Crippen LogP contribution is 2.52. The highest BCUT2D eigenvalue weighted by molar-refractivity contribution is 6.17. The predicted molar refractivity (Wildman–Crippen MR) is 279 cm³/mol. The minimum Gasteiger partial charge on any atom is -0.310 e. The molecule has 308 valence electrons. The predicted octanol–water partition coefficient (Wildman–Crippen LogP) is 17.2. The minimum absolute atomic E-state index is 1.09. The molecule has 0 radical (unpaired) electrons. The topological polar surface area (TPSA) is 8.17 Å². The number of hydrogen-bond donors (Lipinski definition) is 0. The quantitative estimate of drug-likeness (QED) is 0.145. The Morgan fingerprint density at radius 3 is 1.61 bits per heavy atom. The van der Waals surface area contributed by atoms with Gasteiger partial charge in [-0.1, -0.05) is 194 Å². The highest BCUT2D eigenvalue weighted by atomic mass is 15.1. The Balaban J connectivity index is 1.02. The molecule has 1 aliphatic rings. The summed E-state index contributed by atoms with van der Waals surface area (Å²) in [6.07, 6.45) is 0. The maximum atomic E-state index is 2.47. The molecule has 11 aromatic carbocycles. The lowest BCUT2D eigenvalue weighted by atomic mass is 9.88. The van der Waals surface area contributed by atoms with Crippen molar-refractivity contribution >= 4 is 71.6 Å². The van der Waals surface area contributed by atoms with E-state index in [1.807, 2.05) is 0 Å². The van der Waals surface area contributed by atoms with Gasteiger partial charge in [0.1, 0.15) is 0 Å². The van der Waals surface area contributed by atoms with E-state index in [2.05, 4.69) is 264 Å². The van der Waals surface area contributed by atoms with Crippen LogP contribution in [-0.2, 0) is 0 Å². The molecule has 1 aliphatic carbocycles. The lowest BCUT2D eigenvalue weighted by molar-refractivity contribution is 1.18. The second-order valence-electron chi connectivity index (χ2n) is 17.2. The van der Waals surface area contributed by atoms with E-state index in [0.717, 1.165) is 22.7 Å². The molecule has 13 rings (SSSR count). The van der Waals surface area contributed by atoms with Crippen LogP contribution in [0.3, 0.4) is 0 Å². The average molecular weight is 839 g/mol. The molecule has 0 amide bonds. The van der Waals surface area contributed by atoms with Gasteiger partial charge in [-0.2, -0.15) is 0 Å². The van der Waals surface area contributed by atoms with E-state index in [0.29, 0.717) is 0 Å². The summed E-state index contributed by atoms with van der Waals surface area (Å²) >= 11 is 0. The summed E-state index contributed by atoms with van der Waals surface area (Å²) in [5.41, 5.74) is 19.1. The first kappa shape index (κ1) is 37.8. The van der Waals surface area contributed by atoms with Crippen LogP contribution in [0.1, 0.15) is 22.3 Å². The Morgan fingerprint density at radius 2 is 0.864 bits per heavy atom. The molecule has 1 aromatic heterocycles. The third kappa shape index (κ3) is 6.11. The molecule has 0 spiro atoms. The molecule has 0 bridgehead atoms. The molecule has 2 nitrogen and oxygen atoms in total. The van der Waals surface area contributed by atoms with Crippen LogP contribution in [0.5, 0.6) is 0 Å². The summed E-state index contributed by atoms with van der Waals surface area (Å²) in [5.74, 6) is 0. The lowest BCUT2D eigenvalue weighted by Crippen LogP contribution is -2.11. The van der Waals surface area contributed by atoms with Crippen LogP contribution < -0.4 is 4.90 Å². The van der Waals surface area contributed by atoms with Crippen LogP contribution >= 0.6 is 0 Å². The van der Waals surface area contributed by atoms with Crippen molar-refractivity contribution in [1.82, 2.24) is 4.57 Å². The average Bonchev–Trinajstić information content (AvgIpc) is 3.90. The molecule has 0 N–H and O–H groups in total. The van der Waals surface area contributed by atoms with Gasteiger partial charge < -0.3 is 9.47 Å². The van der Waals surface area contributed by atoms with Crippen LogP contribution in [0.2, 0.25) is 0 Å². The zero-order valence-corrected chi connectivity index (χ0v) is 36.1. The molecule has 12 aromatic rings. The van der Waals surface area contributed by atoms with Gasteiger partial charge in [-0.15, -0.1) is 0 Å². The molecule has 0 unspecified atom stereocenters. The summed E-state index contributed by atoms with van der Waals surface area (Å²) < 4.78 is 2.38. The van der Waals surface area contributed by atoms with Gasteiger partial charge in [0.2, 0.25) is 0 Å². The zero-order valence-electron chi connectivity index (χ0n) is 36.1. The molecule has 0 atom stereocenters. The van der Waals surface area contributed by atoms with Gasteiger partial charge in [0, 0.05) is 33.2 Å². The van der Waals surface area contributed by atoms with E-state index >= 15 is 0 Å². The fourth-order valence-electron chi connectivity index (χ4n) is 10.6. The second-order valence-corrected chi connectivity index (χ2v) is 17.2. The number of nitrogens with zero attached hydrogens (tertiary/aromatic N) is 2. The molecule has 1 heterocycles. The van der Waals surface area contributed by atoms with Crippen molar-refractivity contribution in [3.05, 3.63) is 277 Å². The van der Waals surface area contributed by atoms with E-state index in [-0.39, 0.29) is 0 Å². The Hall–Kier alpha value is -8.72. The first-order chi connectivity index (χ1) is 32.8. The Bertz CT molecular complexity index is 3800. The molecule has 0 saturated carbocycles. The summed E-state index contributed by atoms with van der Waals surface area (Å²) in [4.78, 5) is 2.47. The monoisotopic (exact) mass is 838 g/mol. The van der Waals surface area contributed by atoms with Crippen molar-refractivity contribution in [3.63, 3.8) is 0 Å². The van der Waals surface area contributed by atoms with Gasteiger partial charge >= 0.3 is 0 Å². The van der Waals surface area contributed by atoms with Crippen molar-refractivity contribution in [2.75, 3.05) is 4.90 Å².